The highest BCUT2D eigenvalue weighted by molar-refractivity contribution is 14.1. The molecule has 0 aromatic carbocycles. The molecule has 4 nitrogen and oxygen atoms in total. The van der Waals surface area contributed by atoms with Crippen molar-refractivity contribution in [2.24, 2.45) is 0 Å². The summed E-state index contributed by atoms with van der Waals surface area (Å²) in [6.45, 7) is 13.9. The Hall–Kier alpha value is -0.430. The smallest absolute Gasteiger partial charge is 0.140 e. The summed E-state index contributed by atoms with van der Waals surface area (Å²) in [6.07, 6.45) is 0.853. The molecule has 19 heavy (non-hydrogen) atoms. The number of anilines is 1. The Bertz CT molecular complexity index is 422. The molecule has 0 saturated heterocycles. The maximum absolute atomic E-state index is 6.02. The number of likely N-dealkylation sites (N-methyl/N-ethyl adjacent to an activating group) is 1. The van der Waals surface area contributed by atoms with Gasteiger partial charge >= 0.3 is 0 Å². The molecule has 0 aliphatic heterocycles. The summed E-state index contributed by atoms with van der Waals surface area (Å²) in [6, 6.07) is 0. The van der Waals surface area contributed by atoms with Gasteiger partial charge in [0.2, 0.25) is 0 Å². The molecule has 0 aliphatic rings. The molecule has 0 aliphatic carbocycles. The van der Waals surface area contributed by atoms with Crippen LogP contribution < -0.4 is 5.73 Å². The zero-order valence-corrected chi connectivity index (χ0v) is 14.8. The predicted molar refractivity (Wildman–Crippen MR) is 89.4 cm³/mol. The van der Waals surface area contributed by atoms with Crippen molar-refractivity contribution in [3.05, 3.63) is 15.1 Å². The molecule has 1 aromatic heterocycles. The second-order valence-corrected chi connectivity index (χ2v) is 6.79. The maximum Gasteiger partial charge on any atom is 0.140 e. The predicted octanol–water partition coefficient (Wildman–Crippen LogP) is 2.85. The lowest BCUT2D eigenvalue weighted by molar-refractivity contribution is 0.305. The molecule has 0 fully saturated rings. The number of hydrogen-bond acceptors (Lipinski definition) is 4. The number of nitrogens with zero attached hydrogens (tertiary/aromatic N) is 3. The quantitative estimate of drug-likeness (QED) is 0.803. The van der Waals surface area contributed by atoms with E-state index in [0.717, 1.165) is 41.1 Å². The van der Waals surface area contributed by atoms with Crippen LogP contribution in [0, 0.1) is 3.57 Å². The lowest BCUT2D eigenvalue weighted by Gasteiger charge is -2.22. The number of hydrogen-bond donors (Lipinski definition) is 1. The number of rotatable bonds is 5. The fraction of sp³-hybridized carbons (Fsp3) is 0.714. The van der Waals surface area contributed by atoms with Gasteiger partial charge in [0.1, 0.15) is 11.6 Å². The summed E-state index contributed by atoms with van der Waals surface area (Å²) >= 11 is 2.24. The van der Waals surface area contributed by atoms with Crippen LogP contribution in [0.4, 0.5) is 5.82 Å². The highest BCUT2D eigenvalue weighted by atomic mass is 127. The van der Waals surface area contributed by atoms with E-state index in [0.29, 0.717) is 5.82 Å². The van der Waals surface area contributed by atoms with Crippen LogP contribution in [0.3, 0.4) is 0 Å². The first-order valence-electron chi connectivity index (χ1n) is 6.84. The Labute approximate surface area is 130 Å². The molecular weight excluding hydrogens is 351 g/mol. The van der Waals surface area contributed by atoms with Gasteiger partial charge in [0.15, 0.2) is 0 Å². The summed E-state index contributed by atoms with van der Waals surface area (Å²) in [7, 11) is 0. The minimum absolute atomic E-state index is 0.00245. The molecule has 5 heteroatoms. The van der Waals surface area contributed by atoms with Crippen LogP contribution in [0.2, 0.25) is 0 Å². The normalized spacial score (nSPS) is 12.2. The molecule has 1 rings (SSSR count). The highest BCUT2D eigenvalue weighted by Crippen LogP contribution is 2.28. The SMILES string of the molecule is CCN(CC)CCc1nc(N)c(I)c(C(C)(C)C)n1. The number of aromatic nitrogens is 2. The summed E-state index contributed by atoms with van der Waals surface area (Å²) in [5.41, 5.74) is 7.07. The number of nitrogen functional groups attached to an aromatic ring is 1. The molecule has 0 radical (unpaired) electrons. The Balaban J connectivity index is 2.95. The molecule has 0 unspecified atom stereocenters. The van der Waals surface area contributed by atoms with Gasteiger partial charge in [-0.3, -0.25) is 0 Å². The monoisotopic (exact) mass is 376 g/mol. The average molecular weight is 376 g/mol. The minimum Gasteiger partial charge on any atom is -0.383 e. The van der Waals surface area contributed by atoms with Crippen molar-refractivity contribution in [3.8, 4) is 0 Å². The van der Waals surface area contributed by atoms with E-state index in [-0.39, 0.29) is 5.41 Å². The van der Waals surface area contributed by atoms with Crippen LogP contribution in [0.1, 0.15) is 46.1 Å². The molecule has 1 aromatic rings. The van der Waals surface area contributed by atoms with Crippen LogP contribution in [-0.4, -0.2) is 34.5 Å². The van der Waals surface area contributed by atoms with E-state index in [1.807, 2.05) is 0 Å². The molecule has 0 amide bonds. The average Bonchev–Trinajstić information content (AvgIpc) is 2.33. The van der Waals surface area contributed by atoms with Crippen molar-refractivity contribution in [2.45, 2.75) is 46.5 Å². The second-order valence-electron chi connectivity index (χ2n) is 5.71. The van der Waals surface area contributed by atoms with Crippen molar-refractivity contribution in [1.82, 2.24) is 14.9 Å². The number of nitrogens with two attached hydrogens (primary N) is 1. The fourth-order valence-corrected chi connectivity index (χ4v) is 2.97. The van der Waals surface area contributed by atoms with E-state index in [1.165, 1.54) is 0 Å². The van der Waals surface area contributed by atoms with E-state index in [1.54, 1.807) is 0 Å². The molecule has 2 N–H and O–H groups in total. The van der Waals surface area contributed by atoms with E-state index >= 15 is 0 Å². The third kappa shape index (κ3) is 4.56. The molecule has 0 saturated carbocycles. The standard InChI is InChI=1S/C14H25IN4/c1-6-19(7-2)9-8-10-17-12(14(3,4)5)11(15)13(16)18-10/h6-9H2,1-5H3,(H2,16,17,18). The van der Waals surface area contributed by atoms with Gasteiger partial charge in [0.25, 0.3) is 0 Å². The summed E-state index contributed by atoms with van der Waals surface area (Å²) < 4.78 is 0.983. The van der Waals surface area contributed by atoms with E-state index in [4.69, 9.17) is 10.7 Å². The third-order valence-electron chi connectivity index (χ3n) is 3.18. The largest absolute Gasteiger partial charge is 0.383 e. The molecule has 1 heterocycles. The van der Waals surface area contributed by atoms with Gasteiger partial charge in [-0.25, -0.2) is 9.97 Å². The van der Waals surface area contributed by atoms with Gasteiger partial charge < -0.3 is 10.6 Å². The van der Waals surface area contributed by atoms with Crippen molar-refractivity contribution in [1.29, 1.82) is 0 Å². The van der Waals surface area contributed by atoms with Gasteiger partial charge in [-0.05, 0) is 35.7 Å². The Morgan fingerprint density at radius 3 is 2.21 bits per heavy atom. The lowest BCUT2D eigenvalue weighted by atomic mass is 9.92. The molecule has 108 valence electrons. The van der Waals surface area contributed by atoms with Crippen molar-refractivity contribution < 1.29 is 0 Å². The summed E-state index contributed by atoms with van der Waals surface area (Å²) in [5, 5.41) is 0. The first-order chi connectivity index (χ1) is 8.79. The van der Waals surface area contributed by atoms with E-state index < -0.39 is 0 Å². The second kappa shape index (κ2) is 6.83. The fourth-order valence-electron chi connectivity index (χ4n) is 1.92. The van der Waals surface area contributed by atoms with E-state index in [2.05, 4.69) is 67.1 Å². The van der Waals surface area contributed by atoms with Crippen molar-refractivity contribution in [3.63, 3.8) is 0 Å². The van der Waals surface area contributed by atoms with Crippen molar-refractivity contribution in [2.75, 3.05) is 25.4 Å². The first kappa shape index (κ1) is 16.6. The van der Waals surface area contributed by atoms with Gasteiger partial charge in [-0.1, -0.05) is 34.6 Å². The third-order valence-corrected chi connectivity index (χ3v) is 4.24. The zero-order valence-electron chi connectivity index (χ0n) is 12.6. The van der Waals surface area contributed by atoms with Crippen LogP contribution in [0.25, 0.3) is 0 Å². The van der Waals surface area contributed by atoms with E-state index in [9.17, 15) is 0 Å². The zero-order chi connectivity index (χ0) is 14.6. The molecule has 0 spiro atoms. The van der Waals surface area contributed by atoms with Crippen LogP contribution in [0.15, 0.2) is 0 Å². The highest BCUT2D eigenvalue weighted by Gasteiger charge is 2.22. The van der Waals surface area contributed by atoms with Gasteiger partial charge in [-0.15, -0.1) is 0 Å². The minimum atomic E-state index is -0.00245. The maximum atomic E-state index is 6.02. The summed E-state index contributed by atoms with van der Waals surface area (Å²) in [5.74, 6) is 1.46. The topological polar surface area (TPSA) is 55.0 Å². The first-order valence-corrected chi connectivity index (χ1v) is 7.92. The van der Waals surface area contributed by atoms with Crippen LogP contribution >= 0.6 is 22.6 Å². The molecule has 0 bridgehead atoms. The number of halogens is 1. The lowest BCUT2D eigenvalue weighted by Crippen LogP contribution is -2.27. The Morgan fingerprint density at radius 1 is 1.16 bits per heavy atom. The molecular formula is C14H25IN4. The van der Waals surface area contributed by atoms with Gasteiger partial charge in [-0.2, -0.15) is 0 Å². The molecule has 0 atom stereocenters. The van der Waals surface area contributed by atoms with Crippen LogP contribution in [-0.2, 0) is 11.8 Å². The Morgan fingerprint density at radius 2 is 1.74 bits per heavy atom. The van der Waals surface area contributed by atoms with Crippen LogP contribution in [0.5, 0.6) is 0 Å². The Kier molecular flexibility index (Phi) is 5.98. The van der Waals surface area contributed by atoms with Gasteiger partial charge in [0.05, 0.1) is 9.26 Å². The van der Waals surface area contributed by atoms with Gasteiger partial charge in [0, 0.05) is 18.4 Å². The summed E-state index contributed by atoms with van der Waals surface area (Å²) in [4.78, 5) is 11.5. The van der Waals surface area contributed by atoms with Crippen molar-refractivity contribution >= 4 is 28.4 Å².